The molecule has 9 nitrogen and oxygen atoms in total. The lowest BCUT2D eigenvalue weighted by Gasteiger charge is -2.13. The third-order valence-electron chi connectivity index (χ3n) is 4.12. The molecule has 1 aromatic heterocycles. The smallest absolute Gasteiger partial charge is 0.247 e. The number of nitrogens with zero attached hydrogens (tertiary/aromatic N) is 2. The summed E-state index contributed by atoms with van der Waals surface area (Å²) in [7, 11) is -3.80. The van der Waals surface area contributed by atoms with Gasteiger partial charge in [0.05, 0.1) is 11.1 Å². The zero-order chi connectivity index (χ0) is 22.6. The third-order valence-corrected chi connectivity index (χ3v) is 5.04. The van der Waals surface area contributed by atoms with Crippen LogP contribution in [0.25, 0.3) is 0 Å². The lowest BCUT2D eigenvalue weighted by molar-refractivity contribution is -0.111. The monoisotopic (exact) mass is 442 g/mol. The highest BCUT2D eigenvalue weighted by atomic mass is 32.2. The van der Waals surface area contributed by atoms with Gasteiger partial charge in [-0.25, -0.2) is 22.9 Å². The summed E-state index contributed by atoms with van der Waals surface area (Å²) in [4.78, 5) is 19.4. The highest BCUT2D eigenvalue weighted by Gasteiger charge is 2.11. The van der Waals surface area contributed by atoms with E-state index in [4.69, 9.17) is 5.14 Å². The first kappa shape index (κ1) is 21.9. The first-order chi connectivity index (χ1) is 14.7. The fourth-order valence-electron chi connectivity index (χ4n) is 2.57. The predicted molar refractivity (Wildman–Crippen MR) is 116 cm³/mol. The average Bonchev–Trinajstić information content (AvgIpc) is 2.72. The Kier molecular flexibility index (Phi) is 6.28. The van der Waals surface area contributed by atoms with Crippen LogP contribution in [0.2, 0.25) is 0 Å². The SMILES string of the molecule is C=CC(=O)Nc1ccc(Nc2nc(Nc3ccc(S(N)(=O)=O)cc3)ncc2F)c(C)c1. The normalized spacial score (nSPS) is 10.9. The number of sulfonamides is 1. The van der Waals surface area contributed by atoms with Crippen LogP contribution in [0.1, 0.15) is 5.56 Å². The molecule has 31 heavy (non-hydrogen) atoms. The largest absolute Gasteiger partial charge is 0.337 e. The maximum Gasteiger partial charge on any atom is 0.247 e. The zero-order valence-electron chi connectivity index (χ0n) is 16.4. The minimum atomic E-state index is -3.80. The second kappa shape index (κ2) is 8.90. The summed E-state index contributed by atoms with van der Waals surface area (Å²) in [5, 5.41) is 13.5. The Hall–Kier alpha value is -3.83. The van der Waals surface area contributed by atoms with Crippen LogP contribution in [0.3, 0.4) is 0 Å². The molecule has 0 unspecified atom stereocenters. The van der Waals surface area contributed by atoms with Crippen molar-refractivity contribution in [2.75, 3.05) is 16.0 Å². The van der Waals surface area contributed by atoms with E-state index < -0.39 is 15.8 Å². The molecule has 160 valence electrons. The van der Waals surface area contributed by atoms with Gasteiger partial charge in [-0.05, 0) is 61.0 Å². The first-order valence-corrected chi connectivity index (χ1v) is 10.4. The quantitative estimate of drug-likeness (QED) is 0.412. The lowest BCUT2D eigenvalue weighted by atomic mass is 10.1. The zero-order valence-corrected chi connectivity index (χ0v) is 17.2. The molecule has 0 saturated carbocycles. The molecule has 2 aromatic carbocycles. The Labute approximate surface area is 178 Å². The summed E-state index contributed by atoms with van der Waals surface area (Å²) in [6.07, 6.45) is 2.17. The Bertz CT molecular complexity index is 1250. The predicted octanol–water partition coefficient (Wildman–Crippen LogP) is 3.18. The number of aryl methyl sites for hydroxylation is 1. The number of primary sulfonamides is 1. The van der Waals surface area contributed by atoms with Gasteiger partial charge in [-0.3, -0.25) is 4.79 Å². The third kappa shape index (κ3) is 5.62. The highest BCUT2D eigenvalue weighted by molar-refractivity contribution is 7.89. The van der Waals surface area contributed by atoms with Crippen LogP contribution >= 0.6 is 0 Å². The van der Waals surface area contributed by atoms with Crippen molar-refractivity contribution in [3.8, 4) is 0 Å². The molecule has 3 rings (SSSR count). The number of aromatic nitrogens is 2. The van der Waals surface area contributed by atoms with Gasteiger partial charge in [-0.1, -0.05) is 6.58 Å². The van der Waals surface area contributed by atoms with Gasteiger partial charge in [0.25, 0.3) is 0 Å². The van der Waals surface area contributed by atoms with Crippen molar-refractivity contribution >= 4 is 44.8 Å². The molecule has 0 radical (unpaired) electrons. The Morgan fingerprint density at radius 3 is 2.42 bits per heavy atom. The summed E-state index contributed by atoms with van der Waals surface area (Å²) < 4.78 is 36.9. The fourth-order valence-corrected chi connectivity index (χ4v) is 3.09. The van der Waals surface area contributed by atoms with Crippen molar-refractivity contribution in [3.05, 3.63) is 72.7 Å². The Balaban J connectivity index is 1.78. The van der Waals surface area contributed by atoms with Crippen molar-refractivity contribution in [2.24, 2.45) is 5.14 Å². The van der Waals surface area contributed by atoms with Gasteiger partial charge >= 0.3 is 0 Å². The van der Waals surface area contributed by atoms with Crippen LogP contribution in [0.15, 0.2) is 66.2 Å². The van der Waals surface area contributed by atoms with Crippen molar-refractivity contribution in [2.45, 2.75) is 11.8 Å². The number of nitrogens with one attached hydrogen (secondary N) is 3. The van der Waals surface area contributed by atoms with Crippen LogP contribution < -0.4 is 21.1 Å². The maximum atomic E-state index is 14.2. The van der Waals surface area contributed by atoms with Crippen molar-refractivity contribution in [3.63, 3.8) is 0 Å². The van der Waals surface area contributed by atoms with Gasteiger partial charge < -0.3 is 16.0 Å². The summed E-state index contributed by atoms with van der Waals surface area (Å²) in [6, 6.07) is 10.7. The molecule has 0 aliphatic rings. The molecule has 3 aromatic rings. The highest BCUT2D eigenvalue weighted by Crippen LogP contribution is 2.25. The fraction of sp³-hybridized carbons (Fsp3) is 0.0500. The molecule has 0 atom stereocenters. The summed E-state index contributed by atoms with van der Waals surface area (Å²) in [5.41, 5.74) is 2.38. The van der Waals surface area contributed by atoms with Crippen molar-refractivity contribution in [1.82, 2.24) is 9.97 Å². The second-order valence-electron chi connectivity index (χ2n) is 6.43. The molecule has 0 fully saturated rings. The number of amides is 1. The molecule has 0 aliphatic heterocycles. The van der Waals surface area contributed by atoms with E-state index in [9.17, 15) is 17.6 Å². The molecule has 0 aliphatic carbocycles. The van der Waals surface area contributed by atoms with E-state index in [0.29, 0.717) is 17.1 Å². The standard InChI is InChI=1S/C20H19FN6O3S/c1-3-18(28)24-14-6-9-17(12(2)10-14)26-19-16(21)11-23-20(27-19)25-13-4-7-15(8-5-13)31(22,29)30/h3-11H,1H2,2H3,(H,24,28)(H2,22,29,30)(H2,23,25,26,27). The summed E-state index contributed by atoms with van der Waals surface area (Å²) in [6.45, 7) is 5.19. The van der Waals surface area contributed by atoms with E-state index in [1.54, 1.807) is 25.1 Å². The van der Waals surface area contributed by atoms with Crippen molar-refractivity contribution < 1.29 is 17.6 Å². The van der Waals surface area contributed by atoms with Crippen molar-refractivity contribution in [1.29, 1.82) is 0 Å². The van der Waals surface area contributed by atoms with E-state index in [1.807, 2.05) is 0 Å². The first-order valence-electron chi connectivity index (χ1n) is 8.89. The molecule has 0 spiro atoms. The van der Waals surface area contributed by atoms with Crippen LogP contribution in [0.5, 0.6) is 0 Å². The van der Waals surface area contributed by atoms with Crippen LogP contribution in [-0.4, -0.2) is 24.3 Å². The Morgan fingerprint density at radius 2 is 1.81 bits per heavy atom. The lowest BCUT2D eigenvalue weighted by Crippen LogP contribution is -2.11. The number of rotatable bonds is 7. The summed E-state index contributed by atoms with van der Waals surface area (Å²) in [5.74, 6) is -0.974. The van der Waals surface area contributed by atoms with E-state index in [-0.39, 0.29) is 22.6 Å². The topological polar surface area (TPSA) is 139 Å². The van der Waals surface area contributed by atoms with Gasteiger partial charge in [0.2, 0.25) is 21.9 Å². The molecule has 1 amide bonds. The number of carbonyl (C=O) groups is 1. The van der Waals surface area contributed by atoms with Crippen LogP contribution in [0.4, 0.5) is 33.2 Å². The number of benzene rings is 2. The number of anilines is 5. The molecule has 0 bridgehead atoms. The van der Waals surface area contributed by atoms with Gasteiger partial charge in [0.1, 0.15) is 0 Å². The minimum Gasteiger partial charge on any atom is -0.337 e. The number of halogens is 1. The van der Waals surface area contributed by atoms with Gasteiger partial charge in [-0.15, -0.1) is 0 Å². The Morgan fingerprint density at radius 1 is 1.13 bits per heavy atom. The molecule has 1 heterocycles. The number of carbonyl (C=O) groups excluding carboxylic acids is 1. The van der Waals surface area contributed by atoms with Crippen LogP contribution in [0, 0.1) is 12.7 Å². The van der Waals surface area contributed by atoms with Crippen LogP contribution in [-0.2, 0) is 14.8 Å². The molecule has 0 saturated heterocycles. The molecule has 11 heteroatoms. The second-order valence-corrected chi connectivity index (χ2v) is 7.99. The van der Waals surface area contributed by atoms with E-state index in [2.05, 4.69) is 32.5 Å². The number of hydrogen-bond donors (Lipinski definition) is 4. The average molecular weight is 442 g/mol. The van der Waals surface area contributed by atoms with E-state index in [1.165, 1.54) is 24.3 Å². The molecule has 5 N–H and O–H groups in total. The van der Waals surface area contributed by atoms with Gasteiger partial charge in [0.15, 0.2) is 11.6 Å². The molecular weight excluding hydrogens is 423 g/mol. The minimum absolute atomic E-state index is 0.0383. The van der Waals surface area contributed by atoms with Gasteiger partial charge in [0, 0.05) is 17.1 Å². The maximum absolute atomic E-state index is 14.2. The molecular formula is C20H19FN6O3S. The van der Waals surface area contributed by atoms with E-state index in [0.717, 1.165) is 17.8 Å². The van der Waals surface area contributed by atoms with Gasteiger partial charge in [-0.2, -0.15) is 4.98 Å². The number of hydrogen-bond acceptors (Lipinski definition) is 7. The van der Waals surface area contributed by atoms with E-state index >= 15 is 0 Å². The number of nitrogens with two attached hydrogens (primary N) is 1. The summed E-state index contributed by atoms with van der Waals surface area (Å²) >= 11 is 0.